The summed E-state index contributed by atoms with van der Waals surface area (Å²) in [6.45, 7) is 0. The van der Waals surface area contributed by atoms with Crippen LogP contribution in [0, 0.1) is 0 Å². The van der Waals surface area contributed by atoms with Gasteiger partial charge in [0.25, 0.3) is 0 Å². The summed E-state index contributed by atoms with van der Waals surface area (Å²) in [6.07, 6.45) is 0.500. The number of carboxylic acid groups (broad SMARTS) is 2. The first-order valence-electron chi connectivity index (χ1n) is 6.56. The van der Waals surface area contributed by atoms with Crippen LogP contribution in [0.25, 0.3) is 0 Å². The molecule has 0 fully saturated rings. The van der Waals surface area contributed by atoms with E-state index in [4.69, 9.17) is 29.4 Å². The van der Waals surface area contributed by atoms with Crippen molar-refractivity contribution >= 4 is 34.1 Å². The maximum Gasteiger partial charge on any atom is 0.373 e. The van der Waals surface area contributed by atoms with Crippen molar-refractivity contribution in [2.75, 3.05) is 0 Å². The Bertz CT molecular complexity index is 969. The number of hydrogen-bond donors (Lipinski definition) is 2. The Morgan fingerprint density at radius 2 is 1.15 bits per heavy atom. The van der Waals surface area contributed by atoms with E-state index in [0.717, 1.165) is 18.2 Å². The number of benzene rings is 2. The molecule has 0 heterocycles. The van der Waals surface area contributed by atoms with Gasteiger partial charge in [-0.1, -0.05) is 18.2 Å². The average molecular weight is 394 g/mol. The van der Waals surface area contributed by atoms with Crippen molar-refractivity contribution < 1.29 is 47.4 Å². The van der Waals surface area contributed by atoms with Gasteiger partial charge in [-0.25, -0.2) is 18.0 Å². The smallest absolute Gasteiger partial charge is 0.373 e. The number of rotatable bonds is 4. The topological polar surface area (TPSA) is 177 Å². The summed E-state index contributed by atoms with van der Waals surface area (Å²) in [4.78, 5) is 54.3. The minimum absolute atomic E-state index is 0.00409. The van der Waals surface area contributed by atoms with Crippen LogP contribution in [0.15, 0.2) is 58.3 Å². The second-order valence-corrected chi connectivity index (χ2v) is 6.25. The number of hydrogen-bond acceptors (Lipinski definition) is 8. The van der Waals surface area contributed by atoms with Crippen molar-refractivity contribution in [3.05, 3.63) is 59.7 Å². The molecule has 27 heavy (non-hydrogen) atoms. The number of carbonyl (C=O) groups is 2. The highest BCUT2D eigenvalue weighted by Crippen LogP contribution is 2.23. The lowest BCUT2D eigenvalue weighted by molar-refractivity contribution is -0.193. The molecule has 0 aromatic heterocycles. The van der Waals surface area contributed by atoms with Crippen molar-refractivity contribution in [1.82, 2.24) is 0 Å². The number of carboxylic acids is 2. The Labute approximate surface area is 151 Å². The van der Waals surface area contributed by atoms with E-state index in [2.05, 4.69) is 0 Å². The molecule has 0 saturated heterocycles. The molecule has 0 spiro atoms. The maximum atomic E-state index is 12.3. The minimum Gasteiger partial charge on any atom is -0.478 e. The van der Waals surface area contributed by atoms with E-state index in [0.29, 0.717) is 0 Å². The van der Waals surface area contributed by atoms with E-state index in [9.17, 15) is 18.0 Å². The van der Waals surface area contributed by atoms with Gasteiger partial charge in [0.1, 0.15) is 0 Å². The summed E-state index contributed by atoms with van der Waals surface area (Å²) in [5.74, 6) is -2.94. The normalized spacial score (nSPS) is 9.19. The lowest BCUT2D eigenvalue weighted by atomic mass is 10.1. The van der Waals surface area contributed by atoms with Crippen LogP contribution < -0.4 is 0 Å². The number of aromatic carboxylic acids is 2. The molecule has 2 aromatic carbocycles. The quantitative estimate of drug-likeness (QED) is 0.752. The van der Waals surface area contributed by atoms with Crippen LogP contribution in [0.1, 0.15) is 20.7 Å². The molecule has 140 valence electrons. The summed E-state index contributed by atoms with van der Waals surface area (Å²) < 4.78 is 24.7. The molecule has 0 aliphatic carbocycles. The molecule has 2 aromatic rings. The molecule has 0 atom stereocenters. The monoisotopic (exact) mass is 394 g/mol. The van der Waals surface area contributed by atoms with Crippen LogP contribution in [0.2, 0.25) is 0 Å². The predicted molar refractivity (Wildman–Crippen MR) is 82.3 cm³/mol. The highest BCUT2D eigenvalue weighted by Gasteiger charge is 2.22. The molecule has 0 aliphatic heterocycles. The fraction of sp³-hybridized carbons (Fsp3) is 0. The van der Waals surface area contributed by atoms with Crippen LogP contribution >= 0.6 is 0 Å². The molecule has 0 saturated carbocycles. The molecular formula is C16H10O10S. The molecule has 0 unspecified atom stereocenters. The molecule has 2 N–H and O–H groups in total. The standard InChI is InChI=1S/C14H10O6S.2CO2/c15-13(16)11-7-6-10(8-12(11)14(17)18)21(19,20)9-4-2-1-3-5-9;2*2-1-3/h1-8H,(H,15,16)(H,17,18);;. The fourth-order valence-electron chi connectivity index (χ4n) is 1.79. The molecule has 11 heteroatoms. The zero-order valence-corrected chi connectivity index (χ0v) is 14.0. The SMILES string of the molecule is O=C(O)c1ccc(S(=O)(=O)c2ccccc2)cc1C(=O)O.O=C=O.O=C=O. The van der Waals surface area contributed by atoms with Crippen molar-refractivity contribution in [3.63, 3.8) is 0 Å². The van der Waals surface area contributed by atoms with E-state index >= 15 is 0 Å². The van der Waals surface area contributed by atoms with Crippen LogP contribution in [0.5, 0.6) is 0 Å². The molecular weight excluding hydrogens is 384 g/mol. The third kappa shape index (κ3) is 6.48. The second kappa shape index (κ2) is 10.9. The first kappa shape index (κ1) is 23.1. The van der Waals surface area contributed by atoms with Gasteiger partial charge in [0.15, 0.2) is 0 Å². The molecule has 2 rings (SSSR count). The van der Waals surface area contributed by atoms with Crippen LogP contribution in [0.3, 0.4) is 0 Å². The summed E-state index contributed by atoms with van der Waals surface area (Å²) in [6, 6.07) is 10.4. The summed E-state index contributed by atoms with van der Waals surface area (Å²) in [7, 11) is -3.89. The van der Waals surface area contributed by atoms with Crippen molar-refractivity contribution in [3.8, 4) is 0 Å². The summed E-state index contributed by atoms with van der Waals surface area (Å²) >= 11 is 0. The zero-order valence-electron chi connectivity index (χ0n) is 13.2. The summed E-state index contributed by atoms with van der Waals surface area (Å²) in [5, 5.41) is 17.9. The zero-order chi connectivity index (χ0) is 21.0. The van der Waals surface area contributed by atoms with E-state index in [1.165, 1.54) is 24.3 Å². The van der Waals surface area contributed by atoms with Crippen LogP contribution in [-0.4, -0.2) is 42.9 Å². The molecule has 0 amide bonds. The van der Waals surface area contributed by atoms with Crippen LogP contribution in [-0.2, 0) is 29.0 Å². The van der Waals surface area contributed by atoms with Gasteiger partial charge in [-0.2, -0.15) is 19.2 Å². The number of carbonyl (C=O) groups excluding carboxylic acids is 4. The largest absolute Gasteiger partial charge is 0.478 e. The molecule has 10 nitrogen and oxygen atoms in total. The van der Waals surface area contributed by atoms with Gasteiger partial charge >= 0.3 is 24.2 Å². The van der Waals surface area contributed by atoms with Gasteiger partial charge in [-0.05, 0) is 30.3 Å². The Balaban J connectivity index is 0.000000997. The molecule has 0 radical (unpaired) electrons. The van der Waals surface area contributed by atoms with Gasteiger partial charge in [0.2, 0.25) is 9.84 Å². The maximum absolute atomic E-state index is 12.3. The Morgan fingerprint density at radius 1 is 0.704 bits per heavy atom. The highest BCUT2D eigenvalue weighted by atomic mass is 32.2. The third-order valence-corrected chi connectivity index (χ3v) is 4.58. The van der Waals surface area contributed by atoms with Gasteiger partial charge in [-0.3, -0.25) is 0 Å². The third-order valence-electron chi connectivity index (χ3n) is 2.82. The summed E-state index contributed by atoms with van der Waals surface area (Å²) in [5.41, 5.74) is -1.03. The van der Waals surface area contributed by atoms with E-state index < -0.39 is 32.9 Å². The van der Waals surface area contributed by atoms with Gasteiger partial charge in [-0.15, -0.1) is 0 Å². The van der Waals surface area contributed by atoms with Crippen LogP contribution in [0.4, 0.5) is 0 Å². The van der Waals surface area contributed by atoms with Crippen molar-refractivity contribution in [2.24, 2.45) is 0 Å². The van der Waals surface area contributed by atoms with Gasteiger partial charge < -0.3 is 10.2 Å². The number of sulfone groups is 1. The van der Waals surface area contributed by atoms with Crippen molar-refractivity contribution in [1.29, 1.82) is 0 Å². The average Bonchev–Trinajstić information content (AvgIpc) is 2.63. The first-order valence-corrected chi connectivity index (χ1v) is 8.05. The Morgan fingerprint density at radius 3 is 1.56 bits per heavy atom. The lowest BCUT2D eigenvalue weighted by Crippen LogP contribution is -2.10. The predicted octanol–water partition coefficient (Wildman–Crippen LogP) is 0.749. The fourth-order valence-corrected chi connectivity index (χ4v) is 3.10. The van der Waals surface area contributed by atoms with Gasteiger partial charge in [0, 0.05) is 0 Å². The molecule has 0 aliphatic rings. The van der Waals surface area contributed by atoms with Crippen molar-refractivity contribution in [2.45, 2.75) is 9.79 Å². The van der Waals surface area contributed by atoms with Gasteiger partial charge in [0.05, 0.1) is 20.9 Å². The first-order chi connectivity index (χ1) is 12.7. The Hall–Kier alpha value is -3.91. The van der Waals surface area contributed by atoms with E-state index in [-0.39, 0.29) is 22.1 Å². The molecule has 0 bridgehead atoms. The lowest BCUT2D eigenvalue weighted by Gasteiger charge is -2.07. The Kier molecular flexibility index (Phi) is 9.28. The minimum atomic E-state index is -3.89. The highest BCUT2D eigenvalue weighted by molar-refractivity contribution is 7.91. The van der Waals surface area contributed by atoms with E-state index in [1.807, 2.05) is 0 Å². The second-order valence-electron chi connectivity index (χ2n) is 4.30. The van der Waals surface area contributed by atoms with E-state index in [1.54, 1.807) is 6.07 Å².